The Bertz CT molecular complexity index is 639. The fourth-order valence-corrected chi connectivity index (χ4v) is 1.85. The summed E-state index contributed by atoms with van der Waals surface area (Å²) in [5, 5.41) is 0. The van der Waals surface area contributed by atoms with Gasteiger partial charge in [0.15, 0.2) is 11.5 Å². The highest BCUT2D eigenvalue weighted by Crippen LogP contribution is 2.38. The van der Waals surface area contributed by atoms with E-state index in [0.29, 0.717) is 11.5 Å². The lowest BCUT2D eigenvalue weighted by Crippen LogP contribution is -2.06. The van der Waals surface area contributed by atoms with Crippen molar-refractivity contribution in [3.05, 3.63) is 41.2 Å². The molecule has 1 aromatic heterocycles. The summed E-state index contributed by atoms with van der Waals surface area (Å²) in [6, 6.07) is 3.87. The molecule has 5 heteroatoms. The minimum Gasteiger partial charge on any atom is -0.422 e. The Morgan fingerprint density at radius 3 is 2.30 bits per heavy atom. The molecule has 0 unspecified atom stereocenters. The summed E-state index contributed by atoms with van der Waals surface area (Å²) >= 11 is 0. The molecule has 0 saturated heterocycles. The van der Waals surface area contributed by atoms with E-state index in [2.05, 4.69) is 9.97 Å². The van der Waals surface area contributed by atoms with Crippen molar-refractivity contribution in [3.63, 3.8) is 0 Å². The third-order valence-electron chi connectivity index (χ3n) is 2.91. The van der Waals surface area contributed by atoms with Gasteiger partial charge in [0.1, 0.15) is 0 Å². The Hall–Kier alpha value is -2.43. The topological polar surface area (TPSA) is 61.3 Å². The summed E-state index contributed by atoms with van der Waals surface area (Å²) in [5.41, 5.74) is 2.76. The van der Waals surface area contributed by atoms with Gasteiger partial charge >= 0.3 is 12.0 Å². The lowest BCUT2D eigenvalue weighted by atomic mass is 10.0. The molecule has 20 heavy (non-hydrogen) atoms. The van der Waals surface area contributed by atoms with E-state index in [1.807, 2.05) is 26.8 Å². The zero-order valence-electron chi connectivity index (χ0n) is 11.9. The number of rotatable bonds is 3. The van der Waals surface area contributed by atoms with E-state index >= 15 is 0 Å². The average molecular weight is 272 g/mol. The zero-order chi connectivity index (χ0) is 14.7. The quantitative estimate of drug-likeness (QED) is 0.634. The minimum atomic E-state index is -0.393. The monoisotopic (exact) mass is 272 g/mol. The molecule has 0 atom stereocenters. The molecule has 0 aliphatic carbocycles. The maximum atomic E-state index is 11.3. The molecule has 1 aromatic carbocycles. The highest BCUT2D eigenvalue weighted by Gasteiger charge is 2.17. The normalized spacial score (nSPS) is 10.2. The van der Waals surface area contributed by atoms with E-state index in [0.717, 1.165) is 16.7 Å². The molecule has 0 amide bonds. The van der Waals surface area contributed by atoms with E-state index in [9.17, 15) is 4.79 Å². The van der Waals surface area contributed by atoms with Crippen LogP contribution in [-0.2, 0) is 4.79 Å². The molecular formula is C15H16N2O3. The van der Waals surface area contributed by atoms with Gasteiger partial charge in [0.2, 0.25) is 0 Å². The van der Waals surface area contributed by atoms with Crippen molar-refractivity contribution in [1.29, 1.82) is 0 Å². The number of hydrogen-bond donors (Lipinski definition) is 0. The van der Waals surface area contributed by atoms with Gasteiger partial charge in [-0.3, -0.25) is 4.79 Å². The number of carbonyl (C=O) groups excluding carboxylic acids is 1. The first kappa shape index (κ1) is 14.0. The highest BCUT2D eigenvalue weighted by atomic mass is 16.6. The predicted octanol–water partition coefficient (Wildman–Crippen LogP) is 3.12. The molecule has 0 N–H and O–H groups in total. The van der Waals surface area contributed by atoms with Crippen LogP contribution in [0.5, 0.6) is 17.5 Å². The number of aromatic nitrogens is 2. The van der Waals surface area contributed by atoms with E-state index < -0.39 is 5.97 Å². The fourth-order valence-electron chi connectivity index (χ4n) is 1.85. The predicted molar refractivity (Wildman–Crippen MR) is 74.1 cm³/mol. The summed E-state index contributed by atoms with van der Waals surface area (Å²) in [4.78, 5) is 19.3. The molecule has 0 radical (unpaired) electrons. The molecule has 0 bridgehead atoms. The van der Waals surface area contributed by atoms with Gasteiger partial charge in [-0.05, 0) is 43.5 Å². The van der Waals surface area contributed by atoms with Gasteiger partial charge in [0.05, 0.1) is 0 Å². The summed E-state index contributed by atoms with van der Waals surface area (Å²) in [6.45, 7) is 7.10. The van der Waals surface area contributed by atoms with Crippen molar-refractivity contribution in [2.24, 2.45) is 0 Å². The van der Waals surface area contributed by atoms with E-state index in [-0.39, 0.29) is 6.01 Å². The second-order valence-electron chi connectivity index (χ2n) is 4.52. The first-order valence-electron chi connectivity index (χ1n) is 6.23. The maximum absolute atomic E-state index is 11.3. The second-order valence-corrected chi connectivity index (χ2v) is 4.52. The number of esters is 1. The Morgan fingerprint density at radius 1 is 1.05 bits per heavy atom. The van der Waals surface area contributed by atoms with Gasteiger partial charge in [-0.1, -0.05) is 6.07 Å². The molecule has 5 nitrogen and oxygen atoms in total. The molecule has 1 heterocycles. The zero-order valence-corrected chi connectivity index (χ0v) is 11.9. The van der Waals surface area contributed by atoms with E-state index in [1.54, 1.807) is 18.5 Å². The minimum absolute atomic E-state index is 0.217. The van der Waals surface area contributed by atoms with Crippen molar-refractivity contribution < 1.29 is 14.3 Å². The van der Waals surface area contributed by atoms with Gasteiger partial charge in [-0.15, -0.1) is 0 Å². The Labute approximate surface area is 117 Å². The average Bonchev–Trinajstić information content (AvgIpc) is 2.41. The molecule has 0 saturated carbocycles. The summed E-state index contributed by atoms with van der Waals surface area (Å²) in [6.07, 6.45) is 3.18. The summed E-state index contributed by atoms with van der Waals surface area (Å²) < 4.78 is 11.0. The van der Waals surface area contributed by atoms with Crippen LogP contribution in [0.1, 0.15) is 23.6 Å². The third kappa shape index (κ3) is 2.93. The van der Waals surface area contributed by atoms with Crippen LogP contribution in [0.3, 0.4) is 0 Å². The number of carbonyl (C=O) groups is 1. The number of benzene rings is 1. The molecule has 0 spiro atoms. The van der Waals surface area contributed by atoms with Crippen LogP contribution in [-0.4, -0.2) is 15.9 Å². The SMILES string of the molecule is CC(=O)Oc1c(C)cc(C)c(C)c1Oc1ncccn1. The number of nitrogens with zero attached hydrogens (tertiary/aromatic N) is 2. The van der Waals surface area contributed by atoms with Gasteiger partial charge in [0.25, 0.3) is 0 Å². The molecule has 104 valence electrons. The van der Waals surface area contributed by atoms with Crippen LogP contribution in [0, 0.1) is 20.8 Å². The second kappa shape index (κ2) is 5.69. The van der Waals surface area contributed by atoms with Crippen molar-refractivity contribution in [3.8, 4) is 17.5 Å². The van der Waals surface area contributed by atoms with Gasteiger partial charge in [-0.2, -0.15) is 0 Å². The third-order valence-corrected chi connectivity index (χ3v) is 2.91. The molecule has 2 aromatic rings. The number of aryl methyl sites for hydroxylation is 2. The maximum Gasteiger partial charge on any atom is 0.321 e. The van der Waals surface area contributed by atoms with Gasteiger partial charge in [0, 0.05) is 19.3 Å². The largest absolute Gasteiger partial charge is 0.422 e. The van der Waals surface area contributed by atoms with Crippen molar-refractivity contribution in [2.45, 2.75) is 27.7 Å². The van der Waals surface area contributed by atoms with E-state index in [1.165, 1.54) is 6.92 Å². The first-order chi connectivity index (χ1) is 9.49. The highest BCUT2D eigenvalue weighted by molar-refractivity contribution is 5.72. The molecular weight excluding hydrogens is 256 g/mol. The molecule has 0 fully saturated rings. The Kier molecular flexibility index (Phi) is 3.98. The molecule has 0 aliphatic heterocycles. The first-order valence-corrected chi connectivity index (χ1v) is 6.23. The fraction of sp³-hybridized carbons (Fsp3) is 0.267. The summed E-state index contributed by atoms with van der Waals surface area (Å²) in [5.74, 6) is 0.493. The smallest absolute Gasteiger partial charge is 0.321 e. The van der Waals surface area contributed by atoms with Gasteiger partial charge in [-0.25, -0.2) is 9.97 Å². The van der Waals surface area contributed by atoms with Crippen LogP contribution >= 0.6 is 0 Å². The Balaban J connectivity index is 2.51. The number of hydrogen-bond acceptors (Lipinski definition) is 5. The van der Waals surface area contributed by atoms with Crippen LogP contribution in [0.15, 0.2) is 24.5 Å². The van der Waals surface area contributed by atoms with Crippen molar-refractivity contribution >= 4 is 5.97 Å². The standard InChI is InChI=1S/C15H16N2O3/c1-9-8-10(2)13(19-12(4)18)14(11(9)3)20-15-16-6-5-7-17-15/h5-8H,1-4H3. The Morgan fingerprint density at radius 2 is 1.70 bits per heavy atom. The van der Waals surface area contributed by atoms with Crippen LogP contribution in [0.25, 0.3) is 0 Å². The van der Waals surface area contributed by atoms with Crippen LogP contribution < -0.4 is 9.47 Å². The van der Waals surface area contributed by atoms with Crippen molar-refractivity contribution in [2.75, 3.05) is 0 Å². The number of ether oxygens (including phenoxy) is 2. The van der Waals surface area contributed by atoms with Crippen LogP contribution in [0.2, 0.25) is 0 Å². The molecule has 2 rings (SSSR count). The molecule has 0 aliphatic rings. The summed E-state index contributed by atoms with van der Waals surface area (Å²) in [7, 11) is 0. The van der Waals surface area contributed by atoms with E-state index in [4.69, 9.17) is 9.47 Å². The lowest BCUT2D eigenvalue weighted by molar-refractivity contribution is -0.132. The van der Waals surface area contributed by atoms with Gasteiger partial charge < -0.3 is 9.47 Å². The van der Waals surface area contributed by atoms with Crippen LogP contribution in [0.4, 0.5) is 0 Å². The van der Waals surface area contributed by atoms with Crippen molar-refractivity contribution in [1.82, 2.24) is 9.97 Å². The lowest BCUT2D eigenvalue weighted by Gasteiger charge is -2.16.